The Morgan fingerprint density at radius 2 is 1.76 bits per heavy atom. The minimum atomic E-state index is -0.654. The predicted octanol–water partition coefficient (Wildman–Crippen LogP) is 2.53. The zero-order valence-corrected chi connectivity index (χ0v) is 19.0. The van der Waals surface area contributed by atoms with Crippen LogP contribution in [0.3, 0.4) is 0 Å². The standard InChI is InChI=1S/C25H29N3O5/c1-32-21-14-18-11-12-27(16-19(18)15-22(21)33-2)23(29)9-8-20-24(30)28(25(31)26-20)13-10-17-6-4-3-5-7-17/h3-7,14-15,20H,8-13,16H2,1-2H3,(H,26,31). The Labute approximate surface area is 193 Å². The van der Waals surface area contributed by atoms with Crippen LogP contribution in [0.1, 0.15) is 29.5 Å². The summed E-state index contributed by atoms with van der Waals surface area (Å²) in [5.41, 5.74) is 3.24. The highest BCUT2D eigenvalue weighted by Crippen LogP contribution is 2.33. The number of benzene rings is 2. The molecule has 1 unspecified atom stereocenters. The largest absolute Gasteiger partial charge is 0.493 e. The highest BCUT2D eigenvalue weighted by Gasteiger charge is 2.37. The Balaban J connectivity index is 1.31. The van der Waals surface area contributed by atoms with Gasteiger partial charge in [0.05, 0.1) is 14.2 Å². The summed E-state index contributed by atoms with van der Waals surface area (Å²) in [7, 11) is 3.20. The van der Waals surface area contributed by atoms with Gasteiger partial charge in [0.2, 0.25) is 5.91 Å². The number of methoxy groups -OCH3 is 2. The zero-order chi connectivity index (χ0) is 23.4. The van der Waals surface area contributed by atoms with E-state index < -0.39 is 6.04 Å². The lowest BCUT2D eigenvalue weighted by atomic mass is 9.98. The van der Waals surface area contributed by atoms with Crippen LogP contribution in [0.5, 0.6) is 11.5 Å². The Morgan fingerprint density at radius 3 is 2.45 bits per heavy atom. The van der Waals surface area contributed by atoms with Crippen molar-refractivity contribution in [2.45, 2.75) is 38.3 Å². The maximum absolute atomic E-state index is 12.9. The van der Waals surface area contributed by atoms with Crippen molar-refractivity contribution in [2.75, 3.05) is 27.3 Å². The van der Waals surface area contributed by atoms with Crippen molar-refractivity contribution in [1.82, 2.24) is 15.1 Å². The van der Waals surface area contributed by atoms with Gasteiger partial charge in [-0.1, -0.05) is 30.3 Å². The van der Waals surface area contributed by atoms with E-state index in [1.54, 1.807) is 19.1 Å². The molecule has 1 saturated heterocycles. The molecule has 0 aromatic heterocycles. The fourth-order valence-corrected chi connectivity index (χ4v) is 4.39. The molecule has 4 amide bonds. The average Bonchev–Trinajstić information content (AvgIpc) is 3.12. The van der Waals surface area contributed by atoms with E-state index in [0.717, 1.165) is 23.1 Å². The number of carbonyl (C=O) groups is 3. The fraction of sp³-hybridized carbons (Fsp3) is 0.400. The zero-order valence-electron chi connectivity index (χ0n) is 19.0. The molecule has 2 aromatic carbocycles. The van der Waals surface area contributed by atoms with Gasteiger partial charge < -0.3 is 19.7 Å². The third kappa shape index (κ3) is 4.94. The number of hydrogen-bond donors (Lipinski definition) is 1. The van der Waals surface area contributed by atoms with Crippen LogP contribution in [0.15, 0.2) is 42.5 Å². The molecule has 2 aliphatic rings. The second-order valence-corrected chi connectivity index (χ2v) is 8.31. The molecule has 33 heavy (non-hydrogen) atoms. The number of carbonyl (C=O) groups excluding carboxylic acids is 3. The second-order valence-electron chi connectivity index (χ2n) is 8.31. The fourth-order valence-electron chi connectivity index (χ4n) is 4.39. The molecule has 2 heterocycles. The van der Waals surface area contributed by atoms with E-state index in [1.807, 2.05) is 42.5 Å². The molecule has 8 heteroatoms. The summed E-state index contributed by atoms with van der Waals surface area (Å²) in [5, 5.41) is 2.73. The van der Waals surface area contributed by atoms with Gasteiger partial charge >= 0.3 is 6.03 Å². The van der Waals surface area contributed by atoms with Crippen LogP contribution >= 0.6 is 0 Å². The van der Waals surface area contributed by atoms with E-state index in [2.05, 4.69) is 5.32 Å². The summed E-state index contributed by atoms with van der Waals surface area (Å²) in [6, 6.07) is 12.6. The van der Waals surface area contributed by atoms with Crippen molar-refractivity contribution in [2.24, 2.45) is 0 Å². The van der Waals surface area contributed by atoms with Crippen LogP contribution in [-0.4, -0.2) is 61.0 Å². The molecule has 174 valence electrons. The molecule has 0 bridgehead atoms. The minimum Gasteiger partial charge on any atom is -0.493 e. The van der Waals surface area contributed by atoms with Crippen molar-refractivity contribution < 1.29 is 23.9 Å². The van der Waals surface area contributed by atoms with Crippen molar-refractivity contribution in [3.8, 4) is 11.5 Å². The number of nitrogens with zero attached hydrogens (tertiary/aromatic N) is 2. The molecule has 2 aliphatic heterocycles. The van der Waals surface area contributed by atoms with Crippen LogP contribution < -0.4 is 14.8 Å². The molecule has 4 rings (SSSR count). The van der Waals surface area contributed by atoms with Crippen molar-refractivity contribution in [1.29, 1.82) is 0 Å². The molecule has 0 radical (unpaired) electrons. The second kappa shape index (κ2) is 9.94. The van der Waals surface area contributed by atoms with E-state index in [9.17, 15) is 14.4 Å². The van der Waals surface area contributed by atoms with Gasteiger partial charge in [-0.3, -0.25) is 14.5 Å². The highest BCUT2D eigenvalue weighted by atomic mass is 16.5. The smallest absolute Gasteiger partial charge is 0.324 e. The monoisotopic (exact) mass is 451 g/mol. The van der Waals surface area contributed by atoms with Crippen molar-refractivity contribution in [3.63, 3.8) is 0 Å². The van der Waals surface area contributed by atoms with Gasteiger partial charge in [0, 0.05) is 26.1 Å². The van der Waals surface area contributed by atoms with Crippen LogP contribution in [0.25, 0.3) is 0 Å². The molecular weight excluding hydrogens is 422 g/mol. The normalized spacial score (nSPS) is 17.6. The van der Waals surface area contributed by atoms with E-state index in [0.29, 0.717) is 44.0 Å². The molecule has 1 atom stereocenters. The molecule has 1 N–H and O–H groups in total. The van der Waals surface area contributed by atoms with Crippen LogP contribution in [0.2, 0.25) is 0 Å². The van der Waals surface area contributed by atoms with E-state index in [-0.39, 0.29) is 24.3 Å². The molecule has 0 saturated carbocycles. The third-order valence-corrected chi connectivity index (χ3v) is 6.29. The number of hydrogen-bond acceptors (Lipinski definition) is 5. The summed E-state index contributed by atoms with van der Waals surface area (Å²) < 4.78 is 10.7. The lowest BCUT2D eigenvalue weighted by Gasteiger charge is -2.30. The topological polar surface area (TPSA) is 88.2 Å². The number of urea groups is 1. The van der Waals surface area contributed by atoms with Gasteiger partial charge in [0.1, 0.15) is 6.04 Å². The number of rotatable bonds is 8. The van der Waals surface area contributed by atoms with Crippen LogP contribution in [0.4, 0.5) is 4.79 Å². The number of fused-ring (bicyclic) bond motifs is 1. The first kappa shape index (κ1) is 22.6. The number of nitrogens with one attached hydrogen (secondary N) is 1. The van der Waals surface area contributed by atoms with Gasteiger partial charge in [-0.25, -0.2) is 4.79 Å². The maximum atomic E-state index is 12.9. The number of amides is 4. The Hall–Kier alpha value is -3.55. The predicted molar refractivity (Wildman–Crippen MR) is 122 cm³/mol. The van der Waals surface area contributed by atoms with Gasteiger partial charge in [-0.2, -0.15) is 0 Å². The van der Waals surface area contributed by atoms with E-state index >= 15 is 0 Å². The van der Waals surface area contributed by atoms with Gasteiger partial charge in [0.25, 0.3) is 5.91 Å². The average molecular weight is 452 g/mol. The van der Waals surface area contributed by atoms with Crippen molar-refractivity contribution in [3.05, 3.63) is 59.2 Å². The van der Waals surface area contributed by atoms with Crippen LogP contribution in [-0.2, 0) is 29.0 Å². The van der Waals surface area contributed by atoms with Crippen molar-refractivity contribution >= 4 is 17.8 Å². The summed E-state index contributed by atoms with van der Waals surface area (Å²) in [6.45, 7) is 1.42. The summed E-state index contributed by atoms with van der Waals surface area (Å²) in [5.74, 6) is 1.04. The maximum Gasteiger partial charge on any atom is 0.324 e. The lowest BCUT2D eigenvalue weighted by molar-refractivity contribution is -0.132. The molecule has 2 aromatic rings. The van der Waals surface area contributed by atoms with Crippen LogP contribution in [0, 0.1) is 0 Å². The Bertz CT molecular complexity index is 1040. The number of ether oxygens (including phenoxy) is 2. The van der Waals surface area contributed by atoms with Gasteiger partial charge in [-0.05, 0) is 48.1 Å². The summed E-state index contributed by atoms with van der Waals surface area (Å²) in [4.78, 5) is 40.9. The summed E-state index contributed by atoms with van der Waals surface area (Å²) >= 11 is 0. The molecule has 8 nitrogen and oxygen atoms in total. The molecule has 0 aliphatic carbocycles. The first-order valence-electron chi connectivity index (χ1n) is 11.2. The Kier molecular flexibility index (Phi) is 6.82. The molecular formula is C25H29N3O5. The Morgan fingerprint density at radius 1 is 1.06 bits per heavy atom. The summed E-state index contributed by atoms with van der Waals surface area (Å²) in [6.07, 6.45) is 1.83. The lowest BCUT2D eigenvalue weighted by Crippen LogP contribution is -2.37. The minimum absolute atomic E-state index is 0.0276. The molecule has 1 fully saturated rings. The quantitative estimate of drug-likeness (QED) is 0.623. The van der Waals surface area contributed by atoms with Gasteiger partial charge in [0.15, 0.2) is 11.5 Å². The third-order valence-electron chi connectivity index (χ3n) is 6.29. The first-order valence-corrected chi connectivity index (χ1v) is 11.2. The first-order chi connectivity index (χ1) is 16.0. The van der Waals surface area contributed by atoms with E-state index in [4.69, 9.17) is 9.47 Å². The molecule has 0 spiro atoms. The highest BCUT2D eigenvalue weighted by molar-refractivity contribution is 6.04. The number of imide groups is 1. The van der Waals surface area contributed by atoms with Gasteiger partial charge in [-0.15, -0.1) is 0 Å². The SMILES string of the molecule is COc1cc2c(cc1OC)CN(C(=O)CCC1NC(=O)N(CCc3ccccc3)C1=O)CC2. The van der Waals surface area contributed by atoms with E-state index in [1.165, 1.54) is 4.90 Å².